The molecule has 39 heavy (non-hydrogen) atoms. The topological polar surface area (TPSA) is 90.6 Å². The Morgan fingerprint density at radius 1 is 1.10 bits per heavy atom. The van der Waals surface area contributed by atoms with Gasteiger partial charge in [0.1, 0.15) is 5.76 Å². The highest BCUT2D eigenvalue weighted by Crippen LogP contribution is 2.50. The third-order valence-electron chi connectivity index (χ3n) is 9.09. The number of ether oxygens (including phenoxy) is 2. The van der Waals surface area contributed by atoms with Gasteiger partial charge in [0.25, 0.3) is 0 Å². The van der Waals surface area contributed by atoms with Crippen LogP contribution in [0, 0.1) is 12.8 Å². The number of rotatable bonds is 7. The molecule has 4 heterocycles. The average Bonchev–Trinajstić information content (AvgIpc) is 3.62. The zero-order chi connectivity index (χ0) is 27.3. The number of carbonyl (C=O) groups is 1. The molecule has 2 aliphatic heterocycles. The van der Waals surface area contributed by atoms with Crippen molar-refractivity contribution in [2.45, 2.75) is 114 Å². The molecule has 0 amide bonds. The van der Waals surface area contributed by atoms with Crippen LogP contribution in [0.2, 0.25) is 0 Å². The summed E-state index contributed by atoms with van der Waals surface area (Å²) < 4.78 is 58.7. The first-order valence-corrected chi connectivity index (χ1v) is 14.1. The van der Waals surface area contributed by atoms with E-state index >= 15 is 0 Å². The second kappa shape index (κ2) is 10.4. The van der Waals surface area contributed by atoms with Crippen LogP contribution in [0.4, 0.5) is 19.1 Å². The Hall–Kier alpha value is -2.69. The van der Waals surface area contributed by atoms with Crippen molar-refractivity contribution in [2.24, 2.45) is 5.92 Å². The van der Waals surface area contributed by atoms with Gasteiger partial charge in [0.2, 0.25) is 5.95 Å². The van der Waals surface area contributed by atoms with Gasteiger partial charge in [-0.25, -0.2) is 14.8 Å². The van der Waals surface area contributed by atoms with Gasteiger partial charge in [-0.1, -0.05) is 18.0 Å². The molecule has 2 aromatic heterocycles. The second-order valence-corrected chi connectivity index (χ2v) is 11.6. The molecule has 4 aliphatic rings. The monoisotopic (exact) mass is 548 g/mol. The highest BCUT2D eigenvalue weighted by atomic mass is 19.4. The lowest BCUT2D eigenvalue weighted by Gasteiger charge is -2.39. The van der Waals surface area contributed by atoms with E-state index in [1.807, 2.05) is 0 Å². The Morgan fingerprint density at radius 2 is 1.82 bits per heavy atom. The Morgan fingerprint density at radius 3 is 2.46 bits per heavy atom. The molecule has 0 radical (unpaired) electrons. The van der Waals surface area contributed by atoms with Gasteiger partial charge < -0.3 is 18.9 Å². The Balaban J connectivity index is 1.17. The maximum absolute atomic E-state index is 13.9. The zero-order valence-electron chi connectivity index (χ0n) is 22.4. The van der Waals surface area contributed by atoms with E-state index in [9.17, 15) is 18.0 Å². The molecule has 2 bridgehead atoms. The minimum absolute atomic E-state index is 0.0197. The van der Waals surface area contributed by atoms with E-state index in [4.69, 9.17) is 14.0 Å². The lowest BCUT2D eigenvalue weighted by atomic mass is 9.76. The van der Waals surface area contributed by atoms with Gasteiger partial charge in [-0.05, 0) is 58.3 Å². The highest BCUT2D eigenvalue weighted by Gasteiger charge is 2.49. The lowest BCUT2D eigenvalue weighted by Crippen LogP contribution is -2.46. The molecule has 2 aromatic rings. The van der Waals surface area contributed by atoms with E-state index in [-0.39, 0.29) is 37.1 Å². The van der Waals surface area contributed by atoms with Crippen molar-refractivity contribution < 1.29 is 32.0 Å². The van der Waals surface area contributed by atoms with Gasteiger partial charge in [0.15, 0.2) is 0 Å². The number of hydrogen-bond acceptors (Lipinski definition) is 8. The largest absolute Gasteiger partial charge is 0.465 e. The van der Waals surface area contributed by atoms with E-state index in [0.717, 1.165) is 56.3 Å². The van der Waals surface area contributed by atoms with Gasteiger partial charge in [0.05, 0.1) is 42.7 Å². The molecule has 4 fully saturated rings. The summed E-state index contributed by atoms with van der Waals surface area (Å²) in [6, 6.07) is 0.407. The van der Waals surface area contributed by atoms with E-state index in [1.165, 1.54) is 13.3 Å². The molecule has 2 aliphatic carbocycles. The predicted octanol–water partition coefficient (Wildman–Crippen LogP) is 5.99. The molecule has 4 atom stereocenters. The number of carbonyl (C=O) groups excluding carboxylic acids is 1. The molecular formula is C28H35F3N4O4. The molecule has 0 spiro atoms. The fraction of sp³-hybridized carbons (Fsp3) is 0.714. The number of nitrogens with zero attached hydrogens (tertiary/aromatic N) is 4. The normalized spacial score (nSPS) is 29.1. The summed E-state index contributed by atoms with van der Waals surface area (Å²) >= 11 is 0. The van der Waals surface area contributed by atoms with Gasteiger partial charge in [-0.15, -0.1) is 0 Å². The molecule has 0 N–H and O–H groups in total. The van der Waals surface area contributed by atoms with E-state index in [0.29, 0.717) is 35.7 Å². The summed E-state index contributed by atoms with van der Waals surface area (Å²) in [6.45, 7) is 2.01. The first-order valence-electron chi connectivity index (χ1n) is 14.1. The number of anilines is 1. The van der Waals surface area contributed by atoms with Crippen LogP contribution in [0.1, 0.15) is 109 Å². The molecule has 212 valence electrons. The maximum atomic E-state index is 13.9. The number of hydrogen-bond donors (Lipinski definition) is 0. The van der Waals surface area contributed by atoms with Crippen molar-refractivity contribution in [1.82, 2.24) is 15.1 Å². The van der Waals surface area contributed by atoms with Gasteiger partial charge in [-0.2, -0.15) is 13.2 Å². The SMILES string of the molecule is COC(=O)c1cnc(N2C3CCC2CC(OCc2c(C4CCCCC4C(F)(F)F)noc2C2CC2)C3)nc1C. The number of alkyl halides is 3. The smallest absolute Gasteiger partial charge is 0.392 e. The summed E-state index contributed by atoms with van der Waals surface area (Å²) in [5, 5.41) is 4.24. The Labute approximate surface area is 225 Å². The van der Waals surface area contributed by atoms with Crippen LogP contribution in [0.25, 0.3) is 0 Å². The average molecular weight is 549 g/mol. The number of piperidine rings is 1. The van der Waals surface area contributed by atoms with Crippen LogP contribution in [0.5, 0.6) is 0 Å². The molecule has 2 saturated carbocycles. The number of halogens is 3. The predicted molar refractivity (Wildman–Crippen MR) is 134 cm³/mol. The number of fused-ring (bicyclic) bond motifs is 2. The van der Waals surface area contributed by atoms with Crippen molar-refractivity contribution >= 4 is 11.9 Å². The number of methoxy groups -OCH3 is 1. The molecule has 0 aromatic carbocycles. The van der Waals surface area contributed by atoms with Crippen molar-refractivity contribution in [1.29, 1.82) is 0 Å². The van der Waals surface area contributed by atoms with Crippen LogP contribution in [-0.2, 0) is 16.1 Å². The minimum atomic E-state index is -4.25. The summed E-state index contributed by atoms with van der Waals surface area (Å²) in [7, 11) is 1.33. The molecule has 6 rings (SSSR count). The van der Waals surface area contributed by atoms with Gasteiger partial charge in [0, 0.05) is 35.7 Å². The summed E-state index contributed by atoms with van der Waals surface area (Å²) in [5.74, 6) is -0.924. The third kappa shape index (κ3) is 5.14. The van der Waals surface area contributed by atoms with Crippen LogP contribution in [-0.4, -0.2) is 52.6 Å². The van der Waals surface area contributed by atoms with Crippen molar-refractivity contribution in [2.75, 3.05) is 12.0 Å². The molecular weight excluding hydrogens is 513 g/mol. The second-order valence-electron chi connectivity index (χ2n) is 11.6. The standard InChI is InChI=1S/C28H35F3N4O4/c1-15-21(26(36)37-2)13-32-27(33-15)35-17-9-10-18(35)12-19(11-17)38-14-22-24(34-39-25(22)16-7-8-16)20-5-3-4-6-23(20)28(29,30)31/h13,16-20,23H,3-12,14H2,1-2H3. The number of aryl methyl sites for hydroxylation is 1. The number of esters is 1. The molecule has 11 heteroatoms. The molecule has 8 nitrogen and oxygen atoms in total. The molecule has 2 saturated heterocycles. The fourth-order valence-electron chi connectivity index (χ4n) is 6.97. The summed E-state index contributed by atoms with van der Waals surface area (Å²) in [5.41, 5.74) is 2.16. The Bertz CT molecular complexity index is 1200. The van der Waals surface area contributed by atoms with E-state index < -0.39 is 24.0 Å². The van der Waals surface area contributed by atoms with Gasteiger partial charge in [-0.3, -0.25) is 0 Å². The lowest BCUT2D eigenvalue weighted by molar-refractivity contribution is -0.187. The van der Waals surface area contributed by atoms with Crippen LogP contribution >= 0.6 is 0 Å². The summed E-state index contributed by atoms with van der Waals surface area (Å²) in [6.07, 6.45) is 4.75. The van der Waals surface area contributed by atoms with E-state index in [2.05, 4.69) is 20.0 Å². The zero-order valence-corrected chi connectivity index (χ0v) is 22.4. The van der Waals surface area contributed by atoms with Crippen molar-refractivity contribution in [3.8, 4) is 0 Å². The Kier molecular flexibility index (Phi) is 7.05. The molecule has 4 unspecified atom stereocenters. The quantitative estimate of drug-likeness (QED) is 0.390. The number of aromatic nitrogens is 3. The minimum Gasteiger partial charge on any atom is -0.465 e. The fourth-order valence-corrected chi connectivity index (χ4v) is 6.97. The summed E-state index contributed by atoms with van der Waals surface area (Å²) in [4.78, 5) is 23.3. The van der Waals surface area contributed by atoms with E-state index in [1.54, 1.807) is 6.92 Å². The van der Waals surface area contributed by atoms with Crippen LogP contribution < -0.4 is 4.90 Å². The van der Waals surface area contributed by atoms with Crippen LogP contribution in [0.3, 0.4) is 0 Å². The third-order valence-corrected chi connectivity index (χ3v) is 9.09. The highest BCUT2D eigenvalue weighted by molar-refractivity contribution is 5.90. The van der Waals surface area contributed by atoms with Crippen LogP contribution in [0.15, 0.2) is 10.7 Å². The maximum Gasteiger partial charge on any atom is 0.392 e. The van der Waals surface area contributed by atoms with Gasteiger partial charge >= 0.3 is 12.1 Å². The first-order chi connectivity index (χ1) is 18.7. The van der Waals surface area contributed by atoms with Crippen molar-refractivity contribution in [3.63, 3.8) is 0 Å². The van der Waals surface area contributed by atoms with Crippen molar-refractivity contribution in [3.05, 3.63) is 34.5 Å². The first kappa shape index (κ1) is 26.5.